The van der Waals surface area contributed by atoms with Crippen LogP contribution in [0.3, 0.4) is 0 Å². The summed E-state index contributed by atoms with van der Waals surface area (Å²) >= 11 is 2.17. The molecule has 30 heavy (non-hydrogen) atoms. The molecule has 3 rings (SSSR count). The van der Waals surface area contributed by atoms with E-state index in [0.29, 0.717) is 30.3 Å². The average Bonchev–Trinajstić information content (AvgIpc) is 2.74. The first-order valence-corrected chi connectivity index (χ1v) is 10.7. The van der Waals surface area contributed by atoms with Gasteiger partial charge in [0.1, 0.15) is 6.61 Å². The first-order chi connectivity index (χ1) is 14.5. The summed E-state index contributed by atoms with van der Waals surface area (Å²) in [5, 5.41) is 4.06. The molecule has 0 saturated heterocycles. The van der Waals surface area contributed by atoms with Crippen LogP contribution in [-0.2, 0) is 6.61 Å². The Hall–Kier alpha value is -2.87. The third kappa shape index (κ3) is 6.32. The normalized spacial score (nSPS) is 10.8. The van der Waals surface area contributed by atoms with Crippen LogP contribution in [0, 0.1) is 10.5 Å². The topological polar surface area (TPSA) is 59.9 Å². The van der Waals surface area contributed by atoms with Gasteiger partial charge in [0.2, 0.25) is 0 Å². The number of hydrogen-bond acceptors (Lipinski definition) is 4. The van der Waals surface area contributed by atoms with Gasteiger partial charge in [-0.2, -0.15) is 5.10 Å². The summed E-state index contributed by atoms with van der Waals surface area (Å²) < 4.78 is 12.7. The molecule has 3 aromatic carbocycles. The van der Waals surface area contributed by atoms with Crippen molar-refractivity contribution in [3.63, 3.8) is 0 Å². The van der Waals surface area contributed by atoms with Crippen LogP contribution >= 0.6 is 22.6 Å². The maximum atomic E-state index is 12.2. The second-order valence-corrected chi connectivity index (χ2v) is 7.87. The minimum absolute atomic E-state index is 0.257. The highest BCUT2D eigenvalue weighted by Gasteiger charge is 2.07. The van der Waals surface area contributed by atoms with Crippen LogP contribution < -0.4 is 14.9 Å². The van der Waals surface area contributed by atoms with E-state index in [0.717, 1.165) is 14.7 Å². The van der Waals surface area contributed by atoms with E-state index in [1.165, 1.54) is 5.56 Å². The van der Waals surface area contributed by atoms with Crippen molar-refractivity contribution in [3.8, 4) is 11.5 Å². The van der Waals surface area contributed by atoms with E-state index in [4.69, 9.17) is 9.47 Å². The van der Waals surface area contributed by atoms with Gasteiger partial charge in [-0.05, 0) is 84.0 Å². The molecule has 0 radical (unpaired) electrons. The third-order valence-corrected chi connectivity index (χ3v) is 4.92. The fourth-order valence-electron chi connectivity index (χ4n) is 2.70. The number of nitrogens with zero attached hydrogens (tertiary/aromatic N) is 1. The van der Waals surface area contributed by atoms with Crippen molar-refractivity contribution in [2.24, 2.45) is 5.10 Å². The summed E-state index contributed by atoms with van der Waals surface area (Å²) in [4.78, 5) is 12.2. The molecule has 0 spiro atoms. The number of benzene rings is 3. The summed E-state index contributed by atoms with van der Waals surface area (Å²) in [5.74, 6) is 1.04. The van der Waals surface area contributed by atoms with Gasteiger partial charge in [-0.3, -0.25) is 4.79 Å². The maximum absolute atomic E-state index is 12.2. The highest BCUT2D eigenvalue weighted by molar-refractivity contribution is 14.1. The Morgan fingerprint density at radius 2 is 1.83 bits per heavy atom. The number of amides is 1. The van der Waals surface area contributed by atoms with Crippen LogP contribution in [0.2, 0.25) is 0 Å². The monoisotopic (exact) mass is 514 g/mol. The number of hydrazone groups is 1. The van der Waals surface area contributed by atoms with Crippen LogP contribution in [-0.4, -0.2) is 18.7 Å². The summed E-state index contributed by atoms with van der Waals surface area (Å²) in [6.45, 7) is 4.96. The van der Waals surface area contributed by atoms with Crippen molar-refractivity contribution in [1.29, 1.82) is 0 Å². The summed E-state index contributed by atoms with van der Waals surface area (Å²) in [5.41, 5.74) is 6.21. The molecule has 0 atom stereocenters. The molecule has 0 aliphatic heterocycles. The minimum Gasteiger partial charge on any atom is -0.490 e. The molecular weight excluding hydrogens is 491 g/mol. The Bertz CT molecular complexity index is 1030. The molecule has 0 bridgehead atoms. The second kappa shape index (κ2) is 10.8. The van der Waals surface area contributed by atoms with Crippen LogP contribution in [0.1, 0.15) is 34.0 Å². The fraction of sp³-hybridized carbons (Fsp3) is 0.167. The fourth-order valence-corrected chi connectivity index (χ4v) is 3.24. The van der Waals surface area contributed by atoms with E-state index in [1.807, 2.05) is 49.4 Å². The Morgan fingerprint density at radius 3 is 2.57 bits per heavy atom. The molecule has 0 saturated carbocycles. The zero-order chi connectivity index (χ0) is 21.3. The molecule has 0 unspecified atom stereocenters. The predicted molar refractivity (Wildman–Crippen MR) is 127 cm³/mol. The van der Waals surface area contributed by atoms with Crippen LogP contribution in [0.5, 0.6) is 11.5 Å². The van der Waals surface area contributed by atoms with Gasteiger partial charge in [0.15, 0.2) is 11.5 Å². The van der Waals surface area contributed by atoms with Crippen molar-refractivity contribution < 1.29 is 14.3 Å². The third-order valence-electron chi connectivity index (χ3n) is 4.25. The molecule has 0 aliphatic carbocycles. The van der Waals surface area contributed by atoms with Gasteiger partial charge >= 0.3 is 0 Å². The highest BCUT2D eigenvalue weighted by Crippen LogP contribution is 2.29. The van der Waals surface area contributed by atoms with Crippen molar-refractivity contribution in [1.82, 2.24) is 5.43 Å². The largest absolute Gasteiger partial charge is 0.490 e. The van der Waals surface area contributed by atoms with Gasteiger partial charge < -0.3 is 9.47 Å². The van der Waals surface area contributed by atoms with Crippen LogP contribution in [0.15, 0.2) is 71.8 Å². The number of rotatable bonds is 8. The van der Waals surface area contributed by atoms with Gasteiger partial charge in [-0.1, -0.05) is 35.9 Å². The number of hydrogen-bond donors (Lipinski definition) is 1. The SMILES string of the molecule is CCOc1cc(/C=N\NC(=O)c2cccc(I)c2)ccc1OCc1ccc(C)cc1. The summed E-state index contributed by atoms with van der Waals surface area (Å²) in [6, 6.07) is 21.1. The van der Waals surface area contributed by atoms with Crippen molar-refractivity contribution in [3.05, 3.63) is 92.6 Å². The smallest absolute Gasteiger partial charge is 0.271 e. The molecule has 154 valence electrons. The van der Waals surface area contributed by atoms with Crippen molar-refractivity contribution >= 4 is 34.7 Å². The Labute approximate surface area is 190 Å². The van der Waals surface area contributed by atoms with Crippen molar-refractivity contribution in [2.75, 3.05) is 6.61 Å². The highest BCUT2D eigenvalue weighted by atomic mass is 127. The minimum atomic E-state index is -0.257. The Morgan fingerprint density at radius 1 is 1.03 bits per heavy atom. The van der Waals surface area contributed by atoms with E-state index in [2.05, 4.69) is 52.2 Å². The van der Waals surface area contributed by atoms with E-state index in [1.54, 1.807) is 18.3 Å². The lowest BCUT2D eigenvalue weighted by Crippen LogP contribution is -2.17. The standard InChI is InChI=1S/C24H23IN2O3/c1-3-29-23-13-19(15-26-27-24(28)20-5-4-6-21(25)14-20)11-12-22(23)30-16-18-9-7-17(2)8-10-18/h4-15H,3,16H2,1-2H3,(H,27,28)/b26-15-. The first-order valence-electron chi connectivity index (χ1n) is 9.59. The zero-order valence-corrected chi connectivity index (χ0v) is 19.0. The number of aryl methyl sites for hydroxylation is 1. The van der Waals surface area contributed by atoms with Gasteiger partial charge in [-0.25, -0.2) is 5.43 Å². The second-order valence-electron chi connectivity index (χ2n) is 6.62. The van der Waals surface area contributed by atoms with Gasteiger partial charge in [0.25, 0.3) is 5.91 Å². The number of carbonyl (C=O) groups excluding carboxylic acids is 1. The maximum Gasteiger partial charge on any atom is 0.271 e. The van der Waals surface area contributed by atoms with Gasteiger partial charge in [0, 0.05) is 9.13 Å². The quantitative estimate of drug-likeness (QED) is 0.251. The van der Waals surface area contributed by atoms with E-state index in [-0.39, 0.29) is 5.91 Å². The molecule has 0 heterocycles. The molecule has 6 heteroatoms. The average molecular weight is 514 g/mol. The Kier molecular flexibility index (Phi) is 7.84. The Balaban J connectivity index is 1.65. The lowest BCUT2D eigenvalue weighted by Gasteiger charge is -2.12. The zero-order valence-electron chi connectivity index (χ0n) is 16.9. The van der Waals surface area contributed by atoms with E-state index >= 15 is 0 Å². The number of nitrogens with one attached hydrogen (secondary N) is 1. The van der Waals surface area contributed by atoms with Crippen molar-refractivity contribution in [2.45, 2.75) is 20.5 Å². The van der Waals surface area contributed by atoms with E-state index in [9.17, 15) is 4.79 Å². The van der Waals surface area contributed by atoms with E-state index < -0.39 is 0 Å². The van der Waals surface area contributed by atoms with Crippen LogP contribution in [0.25, 0.3) is 0 Å². The molecule has 1 N–H and O–H groups in total. The number of ether oxygens (including phenoxy) is 2. The van der Waals surface area contributed by atoms with Crippen LogP contribution in [0.4, 0.5) is 0 Å². The summed E-state index contributed by atoms with van der Waals surface area (Å²) in [7, 11) is 0. The first kappa shape index (κ1) is 21.8. The lowest BCUT2D eigenvalue weighted by molar-refractivity contribution is 0.0955. The van der Waals surface area contributed by atoms with Gasteiger partial charge in [0.05, 0.1) is 12.8 Å². The molecule has 5 nitrogen and oxygen atoms in total. The molecule has 0 fully saturated rings. The summed E-state index contributed by atoms with van der Waals surface area (Å²) in [6.07, 6.45) is 1.58. The lowest BCUT2D eigenvalue weighted by atomic mass is 10.2. The molecule has 3 aromatic rings. The number of halogens is 1. The molecule has 0 aromatic heterocycles. The predicted octanol–water partition coefficient (Wildman–Crippen LogP) is 5.34. The molecule has 0 aliphatic rings. The molecular formula is C24H23IN2O3. The molecule has 1 amide bonds. The number of carbonyl (C=O) groups is 1. The van der Waals surface area contributed by atoms with Gasteiger partial charge in [-0.15, -0.1) is 0 Å².